The lowest BCUT2D eigenvalue weighted by Gasteiger charge is -2.30. The van der Waals surface area contributed by atoms with Crippen molar-refractivity contribution in [2.24, 2.45) is 11.8 Å². The summed E-state index contributed by atoms with van der Waals surface area (Å²) in [6, 6.07) is 1.91. The molecule has 0 aliphatic heterocycles. The van der Waals surface area contributed by atoms with Gasteiger partial charge in [-0.3, -0.25) is 0 Å². The molecule has 0 amide bonds. The fourth-order valence-corrected chi connectivity index (χ4v) is 2.92. The summed E-state index contributed by atoms with van der Waals surface area (Å²) < 4.78 is 0. The van der Waals surface area contributed by atoms with Gasteiger partial charge in [-0.05, 0) is 37.7 Å². The molecule has 1 heterocycles. The molecule has 2 atom stereocenters. The normalized spacial score (nSPS) is 24.6. The highest BCUT2D eigenvalue weighted by Crippen LogP contribution is 2.30. The molecular weight excluding hydrogens is 234 g/mol. The van der Waals surface area contributed by atoms with Gasteiger partial charge < -0.3 is 5.32 Å². The van der Waals surface area contributed by atoms with Gasteiger partial charge in [0.1, 0.15) is 0 Å². The first-order valence-corrected chi connectivity index (χ1v) is 6.92. The molecule has 2 unspecified atom stereocenters. The lowest BCUT2D eigenvalue weighted by Crippen LogP contribution is -2.27. The topological polar surface area (TPSA) is 37.8 Å². The number of rotatable bonds is 4. The van der Waals surface area contributed by atoms with E-state index in [-0.39, 0.29) is 0 Å². The minimum absolute atomic E-state index is 0.655. The summed E-state index contributed by atoms with van der Waals surface area (Å²) >= 11 is 6.02. The number of aromatic nitrogens is 2. The predicted octanol–water partition coefficient (Wildman–Crippen LogP) is 3.24. The fourth-order valence-electron chi connectivity index (χ4n) is 2.51. The van der Waals surface area contributed by atoms with E-state index in [2.05, 4.69) is 15.3 Å². The molecule has 1 aromatic heterocycles. The van der Waals surface area contributed by atoms with Gasteiger partial charge in [0, 0.05) is 24.3 Å². The summed E-state index contributed by atoms with van der Waals surface area (Å²) in [5, 5.41) is 3.34. The third-order valence-corrected chi connectivity index (χ3v) is 3.98. The number of hydrogen-bond acceptors (Lipinski definition) is 3. The molecule has 3 nitrogen and oxygen atoms in total. The molecule has 1 aliphatic rings. The van der Waals surface area contributed by atoms with E-state index in [1.165, 1.54) is 25.7 Å². The van der Waals surface area contributed by atoms with Gasteiger partial charge in [0.05, 0.1) is 0 Å². The SMILES string of the molecule is Cc1ccnc(NCC2CCCCC2CCl)n1. The largest absolute Gasteiger partial charge is 0.354 e. The van der Waals surface area contributed by atoms with Gasteiger partial charge in [-0.25, -0.2) is 9.97 Å². The molecule has 0 aromatic carbocycles. The lowest BCUT2D eigenvalue weighted by atomic mass is 9.80. The Morgan fingerprint density at radius 2 is 2.12 bits per heavy atom. The average Bonchev–Trinajstić information content (AvgIpc) is 2.37. The molecule has 1 N–H and O–H groups in total. The van der Waals surface area contributed by atoms with Crippen molar-refractivity contribution in [1.29, 1.82) is 0 Å². The second-order valence-corrected chi connectivity index (χ2v) is 5.17. The van der Waals surface area contributed by atoms with Crippen LogP contribution in [0.15, 0.2) is 12.3 Å². The standard InChI is InChI=1S/C13H20ClN3/c1-10-6-7-15-13(17-10)16-9-12-5-3-2-4-11(12)8-14/h6-7,11-12H,2-5,8-9H2,1H3,(H,15,16,17). The number of aryl methyl sites for hydroxylation is 1. The van der Waals surface area contributed by atoms with Crippen LogP contribution in [0.2, 0.25) is 0 Å². The molecular formula is C13H20ClN3. The molecule has 0 radical (unpaired) electrons. The molecule has 0 spiro atoms. The van der Waals surface area contributed by atoms with E-state index in [9.17, 15) is 0 Å². The predicted molar refractivity (Wildman–Crippen MR) is 71.4 cm³/mol. The van der Waals surface area contributed by atoms with Crippen molar-refractivity contribution in [3.8, 4) is 0 Å². The maximum atomic E-state index is 6.02. The molecule has 0 bridgehead atoms. The van der Waals surface area contributed by atoms with Crippen molar-refractivity contribution < 1.29 is 0 Å². The Morgan fingerprint density at radius 1 is 1.35 bits per heavy atom. The second-order valence-electron chi connectivity index (χ2n) is 4.86. The third-order valence-electron chi connectivity index (χ3n) is 3.58. The van der Waals surface area contributed by atoms with E-state index >= 15 is 0 Å². The van der Waals surface area contributed by atoms with Crippen molar-refractivity contribution in [2.45, 2.75) is 32.6 Å². The van der Waals surface area contributed by atoms with Gasteiger partial charge in [0.25, 0.3) is 0 Å². The Labute approximate surface area is 108 Å². The van der Waals surface area contributed by atoms with E-state index in [0.717, 1.165) is 24.1 Å². The van der Waals surface area contributed by atoms with Crippen LogP contribution in [0.4, 0.5) is 5.95 Å². The highest BCUT2D eigenvalue weighted by molar-refractivity contribution is 6.18. The van der Waals surface area contributed by atoms with Gasteiger partial charge in [-0.15, -0.1) is 11.6 Å². The molecule has 1 fully saturated rings. The van der Waals surface area contributed by atoms with E-state index in [1.807, 2.05) is 13.0 Å². The van der Waals surface area contributed by atoms with E-state index in [4.69, 9.17) is 11.6 Å². The molecule has 94 valence electrons. The van der Waals surface area contributed by atoms with E-state index in [1.54, 1.807) is 6.20 Å². The summed E-state index contributed by atoms with van der Waals surface area (Å²) in [6.45, 7) is 2.93. The van der Waals surface area contributed by atoms with Crippen molar-refractivity contribution in [2.75, 3.05) is 17.7 Å². The number of anilines is 1. The van der Waals surface area contributed by atoms with Crippen LogP contribution in [0.5, 0.6) is 0 Å². The van der Waals surface area contributed by atoms with Crippen molar-refractivity contribution in [3.63, 3.8) is 0 Å². The van der Waals surface area contributed by atoms with Gasteiger partial charge in [0.2, 0.25) is 5.95 Å². The van der Waals surface area contributed by atoms with E-state index < -0.39 is 0 Å². The zero-order chi connectivity index (χ0) is 12.1. The smallest absolute Gasteiger partial charge is 0.222 e. The number of alkyl halides is 1. The first kappa shape index (κ1) is 12.6. The Balaban J connectivity index is 1.88. The third kappa shape index (κ3) is 3.56. The Hall–Kier alpha value is -0.830. The van der Waals surface area contributed by atoms with Gasteiger partial charge >= 0.3 is 0 Å². The van der Waals surface area contributed by atoms with Crippen LogP contribution in [-0.2, 0) is 0 Å². The molecule has 0 saturated heterocycles. The zero-order valence-electron chi connectivity index (χ0n) is 10.3. The first-order valence-electron chi connectivity index (χ1n) is 6.39. The summed E-state index contributed by atoms with van der Waals surface area (Å²) in [5.41, 5.74) is 1.00. The highest BCUT2D eigenvalue weighted by atomic mass is 35.5. The monoisotopic (exact) mass is 253 g/mol. The van der Waals surface area contributed by atoms with Crippen LogP contribution in [0.3, 0.4) is 0 Å². The van der Waals surface area contributed by atoms with Crippen LogP contribution in [0.25, 0.3) is 0 Å². The minimum atomic E-state index is 0.655. The molecule has 4 heteroatoms. The maximum absolute atomic E-state index is 6.02. The second kappa shape index (κ2) is 6.20. The first-order chi connectivity index (χ1) is 8.29. The summed E-state index contributed by atoms with van der Waals surface area (Å²) in [7, 11) is 0. The van der Waals surface area contributed by atoms with Crippen LogP contribution < -0.4 is 5.32 Å². The van der Waals surface area contributed by atoms with E-state index in [0.29, 0.717) is 11.8 Å². The van der Waals surface area contributed by atoms with Gasteiger partial charge in [-0.2, -0.15) is 0 Å². The van der Waals surface area contributed by atoms with Crippen molar-refractivity contribution >= 4 is 17.5 Å². The van der Waals surface area contributed by atoms with Gasteiger partial charge in [-0.1, -0.05) is 12.8 Å². The molecule has 17 heavy (non-hydrogen) atoms. The molecule has 1 aliphatic carbocycles. The van der Waals surface area contributed by atoms with Crippen molar-refractivity contribution in [1.82, 2.24) is 9.97 Å². The average molecular weight is 254 g/mol. The Bertz CT molecular complexity index is 356. The Morgan fingerprint density at radius 3 is 2.82 bits per heavy atom. The van der Waals surface area contributed by atoms with Crippen LogP contribution in [-0.4, -0.2) is 22.4 Å². The zero-order valence-corrected chi connectivity index (χ0v) is 11.1. The highest BCUT2D eigenvalue weighted by Gasteiger charge is 2.24. The number of hydrogen-bond donors (Lipinski definition) is 1. The summed E-state index contributed by atoms with van der Waals surface area (Å²) in [4.78, 5) is 8.57. The van der Waals surface area contributed by atoms with Gasteiger partial charge in [0.15, 0.2) is 0 Å². The fraction of sp³-hybridized carbons (Fsp3) is 0.692. The van der Waals surface area contributed by atoms with Crippen LogP contribution >= 0.6 is 11.6 Å². The maximum Gasteiger partial charge on any atom is 0.222 e. The Kier molecular flexibility index (Phi) is 4.60. The van der Waals surface area contributed by atoms with Crippen LogP contribution in [0.1, 0.15) is 31.4 Å². The summed E-state index contributed by atoms with van der Waals surface area (Å²) in [5.74, 6) is 2.85. The number of nitrogens with one attached hydrogen (secondary N) is 1. The molecule has 1 saturated carbocycles. The minimum Gasteiger partial charge on any atom is -0.354 e. The molecule has 2 rings (SSSR count). The number of halogens is 1. The molecule has 1 aromatic rings. The van der Waals surface area contributed by atoms with Crippen LogP contribution in [0, 0.1) is 18.8 Å². The number of nitrogens with zero attached hydrogens (tertiary/aromatic N) is 2. The quantitative estimate of drug-likeness (QED) is 0.838. The van der Waals surface area contributed by atoms with Crippen molar-refractivity contribution in [3.05, 3.63) is 18.0 Å². The summed E-state index contributed by atoms with van der Waals surface area (Å²) in [6.07, 6.45) is 6.99. The lowest BCUT2D eigenvalue weighted by molar-refractivity contribution is 0.271.